The number of rotatable bonds is 2. The molecule has 0 saturated carbocycles. The highest BCUT2D eigenvalue weighted by atomic mass is 15.0. The average Bonchev–Trinajstić information content (AvgIpc) is 2.76. The molecule has 0 amide bonds. The number of anilines is 1. The number of nitrogens with two attached hydrogens (primary N) is 1. The highest BCUT2D eigenvalue weighted by Crippen LogP contribution is 2.16. The molecule has 2 N–H and O–H groups in total. The molecule has 0 bridgehead atoms. The van der Waals surface area contributed by atoms with E-state index in [1.165, 1.54) is 0 Å². The summed E-state index contributed by atoms with van der Waals surface area (Å²) in [7, 11) is 0. The highest BCUT2D eigenvalue weighted by molar-refractivity contribution is 5.50. The fraction of sp³-hybridized carbons (Fsp3) is 0.0714. The Balaban J connectivity index is 2.03. The van der Waals surface area contributed by atoms with Crippen LogP contribution >= 0.6 is 0 Å². The summed E-state index contributed by atoms with van der Waals surface area (Å²) in [5.41, 5.74) is 8.99. The number of nitrogen functional groups attached to an aromatic ring is 1. The van der Waals surface area contributed by atoms with Gasteiger partial charge < -0.3 is 10.1 Å². The Labute approximate surface area is 99.5 Å². The van der Waals surface area contributed by atoms with Crippen LogP contribution in [0.15, 0.2) is 54.9 Å². The minimum absolute atomic E-state index is 0.755. The van der Waals surface area contributed by atoms with Crippen LogP contribution in [-0.2, 0) is 6.42 Å². The lowest BCUT2D eigenvalue weighted by molar-refractivity contribution is 0.963. The van der Waals surface area contributed by atoms with E-state index in [9.17, 15) is 0 Å². The summed E-state index contributed by atoms with van der Waals surface area (Å²) in [5.74, 6) is 1.01. The largest absolute Gasteiger partial charge is 0.398 e. The molecule has 0 aliphatic heterocycles. The fourth-order valence-electron chi connectivity index (χ4n) is 2.00. The second-order valence-corrected chi connectivity index (χ2v) is 4.05. The van der Waals surface area contributed by atoms with Crippen molar-refractivity contribution in [2.24, 2.45) is 0 Å². The molecule has 0 saturated heterocycles. The van der Waals surface area contributed by atoms with Crippen LogP contribution in [-0.4, -0.2) is 9.38 Å². The van der Waals surface area contributed by atoms with Crippen LogP contribution in [0.1, 0.15) is 11.4 Å². The van der Waals surface area contributed by atoms with Gasteiger partial charge in [0.25, 0.3) is 0 Å². The molecule has 0 fully saturated rings. The molecule has 3 aromatic rings. The smallest absolute Gasteiger partial charge is 0.117 e. The van der Waals surface area contributed by atoms with Gasteiger partial charge >= 0.3 is 0 Å². The predicted octanol–water partition coefficient (Wildman–Crippen LogP) is 2.51. The molecule has 17 heavy (non-hydrogen) atoms. The van der Waals surface area contributed by atoms with Crippen LogP contribution in [0.4, 0.5) is 5.69 Å². The molecule has 3 rings (SSSR count). The predicted molar refractivity (Wildman–Crippen MR) is 68.9 cm³/mol. The maximum Gasteiger partial charge on any atom is 0.117 e. The Bertz CT molecular complexity index is 655. The monoisotopic (exact) mass is 223 g/mol. The second-order valence-electron chi connectivity index (χ2n) is 4.05. The van der Waals surface area contributed by atoms with Crippen molar-refractivity contribution in [3.8, 4) is 0 Å². The van der Waals surface area contributed by atoms with E-state index in [0.717, 1.165) is 29.0 Å². The minimum atomic E-state index is 0.755. The molecular formula is C14H13N3. The third kappa shape index (κ3) is 1.76. The number of pyridine rings is 1. The van der Waals surface area contributed by atoms with Crippen molar-refractivity contribution in [1.82, 2.24) is 9.38 Å². The molecule has 3 heteroatoms. The Morgan fingerprint density at radius 1 is 1.06 bits per heavy atom. The topological polar surface area (TPSA) is 43.3 Å². The summed E-state index contributed by atoms with van der Waals surface area (Å²) in [6, 6.07) is 14.0. The Kier molecular flexibility index (Phi) is 2.29. The van der Waals surface area contributed by atoms with Gasteiger partial charge in [0.1, 0.15) is 5.82 Å². The summed E-state index contributed by atoms with van der Waals surface area (Å²) >= 11 is 0. The summed E-state index contributed by atoms with van der Waals surface area (Å²) in [6.07, 6.45) is 4.66. The lowest BCUT2D eigenvalue weighted by Gasteiger charge is -2.04. The molecule has 0 spiro atoms. The molecule has 0 atom stereocenters. The molecular weight excluding hydrogens is 210 g/mol. The van der Waals surface area contributed by atoms with Crippen molar-refractivity contribution in [2.75, 3.05) is 5.73 Å². The molecule has 0 aliphatic rings. The van der Waals surface area contributed by atoms with Crippen molar-refractivity contribution in [3.63, 3.8) is 0 Å². The van der Waals surface area contributed by atoms with Crippen molar-refractivity contribution >= 4 is 11.2 Å². The number of imidazole rings is 1. The van der Waals surface area contributed by atoms with E-state index in [1.807, 2.05) is 54.9 Å². The maximum absolute atomic E-state index is 5.94. The van der Waals surface area contributed by atoms with E-state index in [0.29, 0.717) is 0 Å². The minimum Gasteiger partial charge on any atom is -0.398 e. The van der Waals surface area contributed by atoms with Crippen LogP contribution in [0.3, 0.4) is 0 Å². The third-order valence-electron chi connectivity index (χ3n) is 2.92. The van der Waals surface area contributed by atoms with Gasteiger partial charge in [0.15, 0.2) is 0 Å². The molecule has 2 aromatic heterocycles. The standard InChI is InChI=1S/C14H13N3/c15-13-7-2-1-5-11(13)9-14-16-10-12-6-3-4-8-17(12)14/h1-8,10H,9,15H2. The Morgan fingerprint density at radius 3 is 2.76 bits per heavy atom. The van der Waals surface area contributed by atoms with E-state index in [4.69, 9.17) is 5.73 Å². The van der Waals surface area contributed by atoms with Crippen LogP contribution in [0.2, 0.25) is 0 Å². The first-order chi connectivity index (χ1) is 8.34. The summed E-state index contributed by atoms with van der Waals surface area (Å²) < 4.78 is 2.09. The number of hydrogen-bond acceptors (Lipinski definition) is 2. The molecule has 84 valence electrons. The molecule has 3 nitrogen and oxygen atoms in total. The van der Waals surface area contributed by atoms with Crippen molar-refractivity contribution in [1.29, 1.82) is 0 Å². The normalized spacial score (nSPS) is 10.8. The third-order valence-corrected chi connectivity index (χ3v) is 2.92. The number of fused-ring (bicyclic) bond motifs is 1. The van der Waals surface area contributed by atoms with Gasteiger partial charge in [0, 0.05) is 18.3 Å². The van der Waals surface area contributed by atoms with E-state index in [2.05, 4.69) is 9.38 Å². The number of nitrogens with zero attached hydrogens (tertiary/aromatic N) is 2. The summed E-state index contributed by atoms with van der Waals surface area (Å²) in [5, 5.41) is 0. The van der Waals surface area contributed by atoms with Crippen LogP contribution in [0.5, 0.6) is 0 Å². The van der Waals surface area contributed by atoms with E-state index in [1.54, 1.807) is 0 Å². The van der Waals surface area contributed by atoms with Gasteiger partial charge in [0.2, 0.25) is 0 Å². The number of hydrogen-bond donors (Lipinski definition) is 1. The zero-order chi connectivity index (χ0) is 11.7. The first kappa shape index (κ1) is 9.90. The Morgan fingerprint density at radius 2 is 1.88 bits per heavy atom. The van der Waals surface area contributed by atoms with Crippen LogP contribution < -0.4 is 5.73 Å². The summed E-state index contributed by atoms with van der Waals surface area (Å²) in [4.78, 5) is 4.44. The molecule has 1 aromatic carbocycles. The van der Waals surface area contributed by atoms with E-state index in [-0.39, 0.29) is 0 Å². The average molecular weight is 223 g/mol. The molecule has 0 unspecified atom stereocenters. The van der Waals surface area contributed by atoms with Gasteiger partial charge in [-0.05, 0) is 23.8 Å². The number of aromatic nitrogens is 2. The Hall–Kier alpha value is -2.29. The lowest BCUT2D eigenvalue weighted by Crippen LogP contribution is -1.99. The van der Waals surface area contributed by atoms with E-state index >= 15 is 0 Å². The van der Waals surface area contributed by atoms with Gasteiger partial charge in [0.05, 0.1) is 11.7 Å². The first-order valence-corrected chi connectivity index (χ1v) is 5.59. The second kappa shape index (κ2) is 3.94. The highest BCUT2D eigenvalue weighted by Gasteiger charge is 2.05. The van der Waals surface area contributed by atoms with Crippen LogP contribution in [0.25, 0.3) is 5.52 Å². The summed E-state index contributed by atoms with van der Waals surface area (Å²) in [6.45, 7) is 0. The van der Waals surface area contributed by atoms with Crippen LogP contribution in [0, 0.1) is 0 Å². The van der Waals surface area contributed by atoms with Gasteiger partial charge in [-0.2, -0.15) is 0 Å². The van der Waals surface area contributed by atoms with Crippen molar-refractivity contribution in [3.05, 3.63) is 66.2 Å². The molecule has 0 aliphatic carbocycles. The van der Waals surface area contributed by atoms with Gasteiger partial charge in [-0.15, -0.1) is 0 Å². The molecule has 2 heterocycles. The quantitative estimate of drug-likeness (QED) is 0.678. The maximum atomic E-state index is 5.94. The molecule has 0 radical (unpaired) electrons. The van der Waals surface area contributed by atoms with E-state index < -0.39 is 0 Å². The SMILES string of the molecule is Nc1ccccc1Cc1ncc2ccccn12. The lowest BCUT2D eigenvalue weighted by atomic mass is 10.1. The van der Waals surface area contributed by atoms with Gasteiger partial charge in [-0.25, -0.2) is 4.98 Å². The zero-order valence-electron chi connectivity index (χ0n) is 9.38. The first-order valence-electron chi connectivity index (χ1n) is 5.59. The van der Waals surface area contributed by atoms with Gasteiger partial charge in [-0.1, -0.05) is 24.3 Å². The number of para-hydroxylation sites is 1. The van der Waals surface area contributed by atoms with Crippen molar-refractivity contribution in [2.45, 2.75) is 6.42 Å². The fourth-order valence-corrected chi connectivity index (χ4v) is 2.00. The number of benzene rings is 1. The van der Waals surface area contributed by atoms with Crippen molar-refractivity contribution < 1.29 is 0 Å². The van der Waals surface area contributed by atoms with Gasteiger partial charge in [-0.3, -0.25) is 0 Å². The zero-order valence-corrected chi connectivity index (χ0v) is 9.38.